The zero-order valence-electron chi connectivity index (χ0n) is 11.4. The molecule has 102 valence electrons. The fraction of sp³-hybridized carbons (Fsp3) is 0.533. The molecule has 0 aliphatic heterocycles. The molecule has 1 heterocycles. The first kappa shape index (κ1) is 12.6. The van der Waals surface area contributed by atoms with Gasteiger partial charge in [0.1, 0.15) is 0 Å². The fourth-order valence-electron chi connectivity index (χ4n) is 2.71. The first-order valence-electron chi connectivity index (χ1n) is 7.12. The molecule has 0 bridgehead atoms. The van der Waals surface area contributed by atoms with Crippen molar-refractivity contribution in [2.45, 2.75) is 38.9 Å². The normalized spacial score (nSPS) is 15.5. The van der Waals surface area contributed by atoms with Gasteiger partial charge in [-0.1, -0.05) is 18.2 Å². The molecule has 1 N–H and O–H groups in total. The Hall–Kier alpha value is -1.39. The highest BCUT2D eigenvalue weighted by atomic mass is 16.3. The number of nitrogens with zero attached hydrogens (tertiary/aromatic N) is 3. The average molecular weight is 259 g/mol. The third-order valence-electron chi connectivity index (χ3n) is 3.84. The SMILES string of the molecule is CCn1nc(CN(CCO)C2CC2)c2ccccc21. The molecule has 1 aliphatic carbocycles. The second kappa shape index (κ2) is 5.31. The number of rotatable bonds is 6. The van der Waals surface area contributed by atoms with Gasteiger partial charge in [0.25, 0.3) is 0 Å². The Kier molecular flexibility index (Phi) is 3.53. The molecule has 0 radical (unpaired) electrons. The van der Waals surface area contributed by atoms with E-state index in [1.165, 1.54) is 23.7 Å². The van der Waals surface area contributed by atoms with Crippen LogP contribution in [-0.2, 0) is 13.1 Å². The Morgan fingerprint density at radius 3 is 2.84 bits per heavy atom. The van der Waals surface area contributed by atoms with Crippen LogP contribution in [0.25, 0.3) is 10.9 Å². The van der Waals surface area contributed by atoms with Crippen molar-refractivity contribution in [1.82, 2.24) is 14.7 Å². The molecule has 1 aromatic carbocycles. The standard InChI is InChI=1S/C15H21N3O/c1-2-18-15-6-4-3-5-13(15)14(16-18)11-17(9-10-19)12-7-8-12/h3-6,12,19H,2,7-11H2,1H3. The molecule has 4 nitrogen and oxygen atoms in total. The van der Waals surface area contributed by atoms with Crippen molar-refractivity contribution in [3.05, 3.63) is 30.0 Å². The largest absolute Gasteiger partial charge is 0.395 e. The number of aliphatic hydroxyl groups excluding tert-OH is 1. The molecule has 1 fully saturated rings. The van der Waals surface area contributed by atoms with Gasteiger partial charge in [-0.2, -0.15) is 5.10 Å². The maximum atomic E-state index is 9.19. The van der Waals surface area contributed by atoms with Gasteiger partial charge < -0.3 is 5.11 Å². The summed E-state index contributed by atoms with van der Waals surface area (Å²) in [4.78, 5) is 2.36. The van der Waals surface area contributed by atoms with Crippen molar-refractivity contribution in [3.8, 4) is 0 Å². The maximum absolute atomic E-state index is 9.19. The van der Waals surface area contributed by atoms with Gasteiger partial charge in [-0.05, 0) is 25.8 Å². The van der Waals surface area contributed by atoms with E-state index in [0.717, 1.165) is 25.3 Å². The van der Waals surface area contributed by atoms with Crippen LogP contribution in [0.5, 0.6) is 0 Å². The highest BCUT2D eigenvalue weighted by molar-refractivity contribution is 5.81. The Morgan fingerprint density at radius 1 is 1.37 bits per heavy atom. The molecule has 1 aromatic heterocycles. The predicted octanol–water partition coefficient (Wildman–Crippen LogP) is 2.01. The number of para-hydroxylation sites is 1. The van der Waals surface area contributed by atoms with E-state index in [9.17, 15) is 5.11 Å². The van der Waals surface area contributed by atoms with Crippen molar-refractivity contribution < 1.29 is 5.11 Å². The topological polar surface area (TPSA) is 41.3 Å². The van der Waals surface area contributed by atoms with Gasteiger partial charge in [0.2, 0.25) is 0 Å². The molecule has 0 saturated heterocycles. The lowest BCUT2D eigenvalue weighted by molar-refractivity contribution is 0.182. The van der Waals surface area contributed by atoms with Crippen LogP contribution >= 0.6 is 0 Å². The number of aromatic nitrogens is 2. The fourth-order valence-corrected chi connectivity index (χ4v) is 2.71. The lowest BCUT2D eigenvalue weighted by Gasteiger charge is -2.19. The Bertz CT molecular complexity index is 560. The lowest BCUT2D eigenvalue weighted by Crippen LogP contribution is -2.28. The van der Waals surface area contributed by atoms with E-state index < -0.39 is 0 Å². The zero-order valence-corrected chi connectivity index (χ0v) is 11.4. The minimum Gasteiger partial charge on any atom is -0.395 e. The summed E-state index contributed by atoms with van der Waals surface area (Å²) in [5, 5.41) is 15.2. The number of fused-ring (bicyclic) bond motifs is 1. The van der Waals surface area contributed by atoms with Crippen molar-refractivity contribution in [2.75, 3.05) is 13.2 Å². The molecule has 2 aromatic rings. The molecule has 0 atom stereocenters. The molecular weight excluding hydrogens is 238 g/mol. The molecule has 1 aliphatic rings. The molecule has 1 saturated carbocycles. The molecule has 0 unspecified atom stereocenters. The quantitative estimate of drug-likeness (QED) is 0.863. The van der Waals surface area contributed by atoms with Crippen LogP contribution in [0.2, 0.25) is 0 Å². The monoisotopic (exact) mass is 259 g/mol. The van der Waals surface area contributed by atoms with Crippen LogP contribution in [-0.4, -0.2) is 39.0 Å². The van der Waals surface area contributed by atoms with Crippen LogP contribution in [0.1, 0.15) is 25.5 Å². The summed E-state index contributed by atoms with van der Waals surface area (Å²) in [7, 11) is 0. The third kappa shape index (κ3) is 2.51. The lowest BCUT2D eigenvalue weighted by atomic mass is 10.2. The smallest absolute Gasteiger partial charge is 0.0843 e. The van der Waals surface area contributed by atoms with E-state index in [0.29, 0.717) is 6.04 Å². The van der Waals surface area contributed by atoms with E-state index in [2.05, 4.69) is 40.8 Å². The molecular formula is C15H21N3O. The number of hydrogen-bond acceptors (Lipinski definition) is 3. The highest BCUT2D eigenvalue weighted by Crippen LogP contribution is 2.29. The molecule has 19 heavy (non-hydrogen) atoms. The first-order chi connectivity index (χ1) is 9.33. The van der Waals surface area contributed by atoms with Gasteiger partial charge in [-0.3, -0.25) is 9.58 Å². The predicted molar refractivity (Wildman–Crippen MR) is 75.9 cm³/mol. The minimum absolute atomic E-state index is 0.225. The molecule has 4 heteroatoms. The van der Waals surface area contributed by atoms with E-state index in [1.807, 2.05) is 0 Å². The maximum Gasteiger partial charge on any atom is 0.0843 e. The zero-order chi connectivity index (χ0) is 13.2. The Morgan fingerprint density at radius 2 is 2.16 bits per heavy atom. The summed E-state index contributed by atoms with van der Waals surface area (Å²) in [5.41, 5.74) is 2.34. The number of aliphatic hydroxyl groups is 1. The van der Waals surface area contributed by atoms with Gasteiger partial charge in [0.15, 0.2) is 0 Å². The second-order valence-corrected chi connectivity index (χ2v) is 5.20. The summed E-state index contributed by atoms with van der Waals surface area (Å²) >= 11 is 0. The Balaban J connectivity index is 1.91. The highest BCUT2D eigenvalue weighted by Gasteiger charge is 2.29. The summed E-state index contributed by atoms with van der Waals surface area (Å²) in [6.45, 7) is 4.83. The van der Waals surface area contributed by atoms with Crippen LogP contribution in [0.3, 0.4) is 0 Å². The first-order valence-corrected chi connectivity index (χ1v) is 7.12. The van der Waals surface area contributed by atoms with Crippen LogP contribution in [0.15, 0.2) is 24.3 Å². The minimum atomic E-state index is 0.225. The molecule has 0 spiro atoms. The summed E-state index contributed by atoms with van der Waals surface area (Å²) < 4.78 is 2.06. The van der Waals surface area contributed by atoms with E-state index in [1.54, 1.807) is 0 Å². The van der Waals surface area contributed by atoms with E-state index in [4.69, 9.17) is 5.10 Å². The van der Waals surface area contributed by atoms with Gasteiger partial charge >= 0.3 is 0 Å². The third-order valence-corrected chi connectivity index (χ3v) is 3.84. The van der Waals surface area contributed by atoms with Crippen LogP contribution < -0.4 is 0 Å². The van der Waals surface area contributed by atoms with Crippen molar-refractivity contribution in [2.24, 2.45) is 0 Å². The number of hydrogen-bond donors (Lipinski definition) is 1. The van der Waals surface area contributed by atoms with E-state index >= 15 is 0 Å². The van der Waals surface area contributed by atoms with Gasteiger partial charge in [-0.15, -0.1) is 0 Å². The van der Waals surface area contributed by atoms with Crippen LogP contribution in [0.4, 0.5) is 0 Å². The van der Waals surface area contributed by atoms with Crippen molar-refractivity contribution in [1.29, 1.82) is 0 Å². The van der Waals surface area contributed by atoms with Crippen LogP contribution in [0, 0.1) is 0 Å². The van der Waals surface area contributed by atoms with Gasteiger partial charge in [-0.25, -0.2) is 0 Å². The second-order valence-electron chi connectivity index (χ2n) is 5.20. The van der Waals surface area contributed by atoms with Crippen molar-refractivity contribution in [3.63, 3.8) is 0 Å². The number of benzene rings is 1. The number of aryl methyl sites for hydroxylation is 1. The average Bonchev–Trinajstić information content (AvgIpc) is 3.22. The summed E-state index contributed by atoms with van der Waals surface area (Å²) in [6, 6.07) is 9.06. The van der Waals surface area contributed by atoms with Crippen molar-refractivity contribution >= 4 is 10.9 Å². The van der Waals surface area contributed by atoms with E-state index in [-0.39, 0.29) is 6.61 Å². The summed E-state index contributed by atoms with van der Waals surface area (Å²) in [5.74, 6) is 0. The Labute approximate surface area is 113 Å². The van der Waals surface area contributed by atoms with Gasteiger partial charge in [0.05, 0.1) is 17.8 Å². The van der Waals surface area contributed by atoms with Gasteiger partial charge in [0, 0.05) is 31.1 Å². The summed E-state index contributed by atoms with van der Waals surface area (Å²) in [6.07, 6.45) is 2.51. The molecule has 3 rings (SSSR count). The molecule has 0 amide bonds.